The van der Waals surface area contributed by atoms with E-state index in [1.807, 2.05) is 42.2 Å². The van der Waals surface area contributed by atoms with E-state index in [-0.39, 0.29) is 18.0 Å². The van der Waals surface area contributed by atoms with Crippen LogP contribution in [0.1, 0.15) is 18.9 Å². The van der Waals surface area contributed by atoms with Crippen molar-refractivity contribution in [3.05, 3.63) is 35.9 Å². The monoisotopic (exact) mass is 306 g/mol. The number of nitrogens with zero attached hydrogens (tertiary/aromatic N) is 1. The van der Waals surface area contributed by atoms with E-state index in [0.29, 0.717) is 19.8 Å². The molecule has 1 aliphatic rings. The molecule has 0 bridgehead atoms. The van der Waals surface area contributed by atoms with Crippen LogP contribution in [0.4, 0.5) is 0 Å². The number of nitrogens with one attached hydrogen (secondary N) is 1. The highest BCUT2D eigenvalue weighted by Gasteiger charge is 2.30. The van der Waals surface area contributed by atoms with E-state index in [1.165, 1.54) is 0 Å². The minimum absolute atomic E-state index is 0.0813. The van der Waals surface area contributed by atoms with E-state index >= 15 is 0 Å². The van der Waals surface area contributed by atoms with Gasteiger partial charge < -0.3 is 19.7 Å². The Bertz CT molecular complexity index is 452. The summed E-state index contributed by atoms with van der Waals surface area (Å²) in [6.07, 6.45) is 0.791. The lowest BCUT2D eigenvalue weighted by molar-refractivity contribution is -0.139. The van der Waals surface area contributed by atoms with E-state index in [1.54, 1.807) is 7.11 Å². The van der Waals surface area contributed by atoms with Crippen LogP contribution >= 0.6 is 0 Å². The third-order valence-corrected chi connectivity index (χ3v) is 3.96. The average molecular weight is 306 g/mol. The summed E-state index contributed by atoms with van der Waals surface area (Å²) in [7, 11) is 1.67. The molecule has 2 rings (SSSR count). The molecular weight excluding hydrogens is 280 g/mol. The summed E-state index contributed by atoms with van der Waals surface area (Å²) in [6, 6.07) is 10.1. The number of ether oxygens (including phenoxy) is 2. The minimum Gasteiger partial charge on any atom is -0.383 e. The van der Waals surface area contributed by atoms with Crippen LogP contribution in [0.25, 0.3) is 0 Å². The molecule has 0 aromatic heterocycles. The molecule has 1 fully saturated rings. The molecule has 1 saturated heterocycles. The number of piperazine rings is 1. The molecule has 1 aliphatic heterocycles. The summed E-state index contributed by atoms with van der Waals surface area (Å²) in [4.78, 5) is 14.2. The van der Waals surface area contributed by atoms with Gasteiger partial charge in [0.15, 0.2) is 0 Å². The highest BCUT2D eigenvalue weighted by molar-refractivity contribution is 5.82. The Hall–Kier alpha value is -1.43. The normalized spacial score (nSPS) is 20.2. The molecule has 1 aromatic rings. The molecule has 5 nitrogen and oxygen atoms in total. The van der Waals surface area contributed by atoms with Gasteiger partial charge in [0.25, 0.3) is 0 Å². The van der Waals surface area contributed by atoms with Crippen LogP contribution in [0, 0.1) is 0 Å². The lowest BCUT2D eigenvalue weighted by Gasteiger charge is -2.37. The summed E-state index contributed by atoms with van der Waals surface area (Å²) in [5, 5.41) is 3.18. The van der Waals surface area contributed by atoms with Crippen LogP contribution in [0.5, 0.6) is 0 Å². The van der Waals surface area contributed by atoms with Crippen molar-refractivity contribution in [1.82, 2.24) is 10.2 Å². The fraction of sp³-hybridized carbons (Fsp3) is 0.588. The summed E-state index contributed by atoms with van der Waals surface area (Å²) in [6.45, 7) is 5.24. The van der Waals surface area contributed by atoms with Crippen LogP contribution < -0.4 is 5.32 Å². The minimum atomic E-state index is -0.113. The van der Waals surface area contributed by atoms with Gasteiger partial charge in [-0.05, 0) is 18.9 Å². The van der Waals surface area contributed by atoms with Crippen molar-refractivity contribution in [3.63, 3.8) is 0 Å². The average Bonchev–Trinajstić information content (AvgIpc) is 2.54. The summed E-state index contributed by atoms with van der Waals surface area (Å²) >= 11 is 0. The Labute approximate surface area is 132 Å². The number of hydrogen-bond acceptors (Lipinski definition) is 4. The number of benzene rings is 1. The molecule has 5 heteroatoms. The predicted octanol–water partition coefficient (Wildman–Crippen LogP) is 1.43. The van der Waals surface area contributed by atoms with E-state index < -0.39 is 0 Å². The van der Waals surface area contributed by atoms with Gasteiger partial charge in [0.2, 0.25) is 5.91 Å². The third kappa shape index (κ3) is 4.80. The maximum Gasteiger partial charge on any atom is 0.239 e. The van der Waals surface area contributed by atoms with Crippen molar-refractivity contribution >= 4 is 5.91 Å². The van der Waals surface area contributed by atoms with Gasteiger partial charge in [-0.3, -0.25) is 4.79 Å². The molecule has 0 radical (unpaired) electrons. The number of methoxy groups -OCH3 is 1. The maximum absolute atomic E-state index is 12.3. The molecule has 1 unspecified atom stereocenters. The molecule has 122 valence electrons. The largest absolute Gasteiger partial charge is 0.383 e. The first kappa shape index (κ1) is 16.9. The molecule has 1 heterocycles. The van der Waals surface area contributed by atoms with Crippen LogP contribution in [0.3, 0.4) is 0 Å². The van der Waals surface area contributed by atoms with Gasteiger partial charge >= 0.3 is 0 Å². The number of carbonyl (C=O) groups excluding carboxylic acids is 1. The Balaban J connectivity index is 1.80. The SMILES string of the molecule is COC[C@H](CCOCc1ccccc1)N1CCNC(C)C1=O. The van der Waals surface area contributed by atoms with Crippen LogP contribution in [0.2, 0.25) is 0 Å². The summed E-state index contributed by atoms with van der Waals surface area (Å²) < 4.78 is 11.0. The number of hydrogen-bond donors (Lipinski definition) is 1. The molecule has 0 aliphatic carbocycles. The number of rotatable bonds is 8. The zero-order valence-corrected chi connectivity index (χ0v) is 13.5. The lowest BCUT2D eigenvalue weighted by atomic mass is 10.1. The van der Waals surface area contributed by atoms with Crippen LogP contribution in [0.15, 0.2) is 30.3 Å². The van der Waals surface area contributed by atoms with E-state index in [0.717, 1.165) is 25.1 Å². The Morgan fingerprint density at radius 2 is 2.14 bits per heavy atom. The maximum atomic E-state index is 12.3. The first-order chi connectivity index (χ1) is 10.7. The summed E-state index contributed by atoms with van der Waals surface area (Å²) in [5.41, 5.74) is 1.16. The second kappa shape index (κ2) is 8.88. The topological polar surface area (TPSA) is 50.8 Å². The lowest BCUT2D eigenvalue weighted by Crippen LogP contribution is -2.58. The summed E-state index contributed by atoms with van der Waals surface area (Å²) in [5.74, 6) is 0.149. The highest BCUT2D eigenvalue weighted by atomic mass is 16.5. The van der Waals surface area contributed by atoms with E-state index in [4.69, 9.17) is 9.47 Å². The highest BCUT2D eigenvalue weighted by Crippen LogP contribution is 2.11. The molecule has 0 saturated carbocycles. The second-order valence-electron chi connectivity index (χ2n) is 5.64. The smallest absolute Gasteiger partial charge is 0.239 e. The first-order valence-electron chi connectivity index (χ1n) is 7.87. The van der Waals surface area contributed by atoms with Gasteiger partial charge in [0.05, 0.1) is 25.3 Å². The molecule has 1 amide bonds. The van der Waals surface area contributed by atoms with E-state index in [9.17, 15) is 4.79 Å². The second-order valence-corrected chi connectivity index (χ2v) is 5.64. The number of amides is 1. The third-order valence-electron chi connectivity index (χ3n) is 3.96. The van der Waals surface area contributed by atoms with Crippen LogP contribution in [-0.4, -0.2) is 56.3 Å². The van der Waals surface area contributed by atoms with E-state index in [2.05, 4.69) is 5.32 Å². The Morgan fingerprint density at radius 1 is 1.36 bits per heavy atom. The van der Waals surface area contributed by atoms with Gasteiger partial charge in [0, 0.05) is 26.8 Å². The zero-order chi connectivity index (χ0) is 15.8. The van der Waals surface area contributed by atoms with Crippen molar-refractivity contribution in [1.29, 1.82) is 0 Å². The van der Waals surface area contributed by atoms with Crippen LogP contribution in [-0.2, 0) is 20.9 Å². The van der Waals surface area contributed by atoms with Crippen molar-refractivity contribution in [2.45, 2.75) is 32.0 Å². The van der Waals surface area contributed by atoms with Crippen molar-refractivity contribution in [2.75, 3.05) is 33.4 Å². The Morgan fingerprint density at radius 3 is 2.86 bits per heavy atom. The quantitative estimate of drug-likeness (QED) is 0.738. The standard InChI is InChI=1S/C17H26N2O3/c1-14-17(20)19(10-9-18-14)16(13-21-2)8-11-22-12-15-6-4-3-5-7-15/h3-7,14,16,18H,8-13H2,1-2H3/t14?,16-/m0/s1. The van der Waals surface area contributed by atoms with Crippen molar-refractivity contribution in [2.24, 2.45) is 0 Å². The van der Waals surface area contributed by atoms with Gasteiger partial charge in [-0.1, -0.05) is 30.3 Å². The molecule has 22 heavy (non-hydrogen) atoms. The molecular formula is C17H26N2O3. The molecule has 1 N–H and O–H groups in total. The van der Waals surface area contributed by atoms with Crippen molar-refractivity contribution < 1.29 is 14.3 Å². The molecule has 0 spiro atoms. The van der Waals surface area contributed by atoms with Gasteiger partial charge in [-0.2, -0.15) is 0 Å². The molecule has 1 aromatic carbocycles. The number of carbonyl (C=O) groups is 1. The predicted molar refractivity (Wildman–Crippen MR) is 85.6 cm³/mol. The Kier molecular flexibility index (Phi) is 6.83. The first-order valence-corrected chi connectivity index (χ1v) is 7.87. The fourth-order valence-electron chi connectivity index (χ4n) is 2.72. The fourth-order valence-corrected chi connectivity index (χ4v) is 2.72. The van der Waals surface area contributed by atoms with Gasteiger partial charge in [-0.15, -0.1) is 0 Å². The van der Waals surface area contributed by atoms with Gasteiger partial charge in [-0.25, -0.2) is 0 Å². The van der Waals surface area contributed by atoms with Gasteiger partial charge in [0.1, 0.15) is 0 Å². The molecule has 2 atom stereocenters. The zero-order valence-electron chi connectivity index (χ0n) is 13.5. The van der Waals surface area contributed by atoms with Crippen molar-refractivity contribution in [3.8, 4) is 0 Å².